The molecule has 0 saturated heterocycles. The van der Waals surface area contributed by atoms with Gasteiger partial charge in [-0.25, -0.2) is 0 Å². The fourth-order valence-electron chi connectivity index (χ4n) is 3.39. The molecule has 1 saturated carbocycles. The van der Waals surface area contributed by atoms with Crippen molar-refractivity contribution in [3.8, 4) is 0 Å². The summed E-state index contributed by atoms with van der Waals surface area (Å²) in [4.78, 5) is 0. The summed E-state index contributed by atoms with van der Waals surface area (Å²) in [7, 11) is 0. The molecule has 1 N–H and O–H groups in total. The Hall–Kier alpha value is -0.820. The molecule has 0 aromatic heterocycles. The van der Waals surface area contributed by atoms with Crippen molar-refractivity contribution in [2.75, 3.05) is 6.54 Å². The first-order valence-electron chi connectivity index (χ1n) is 7.60. The van der Waals surface area contributed by atoms with Gasteiger partial charge in [0.05, 0.1) is 0 Å². The lowest BCUT2D eigenvalue weighted by Gasteiger charge is -2.26. The molecule has 100 valence electrons. The average Bonchev–Trinajstić information content (AvgIpc) is 3.20. The summed E-state index contributed by atoms with van der Waals surface area (Å²) in [6.45, 7) is 7.99. The molecule has 1 nitrogen and oxygen atoms in total. The van der Waals surface area contributed by atoms with E-state index in [1.54, 1.807) is 0 Å². The zero-order chi connectivity index (χ0) is 13.0. The molecule has 0 amide bonds. The molecule has 0 spiro atoms. The van der Waals surface area contributed by atoms with Crippen molar-refractivity contribution in [2.45, 2.75) is 52.0 Å². The maximum atomic E-state index is 3.75. The van der Waals surface area contributed by atoms with Crippen LogP contribution in [0.2, 0.25) is 0 Å². The van der Waals surface area contributed by atoms with Crippen LogP contribution in [-0.2, 0) is 0 Å². The van der Waals surface area contributed by atoms with Gasteiger partial charge in [-0.2, -0.15) is 0 Å². The Morgan fingerprint density at radius 1 is 1.11 bits per heavy atom. The molecule has 1 aromatic rings. The molecular weight excluding hydrogens is 218 g/mol. The Morgan fingerprint density at radius 2 is 1.78 bits per heavy atom. The van der Waals surface area contributed by atoms with Crippen LogP contribution in [0, 0.1) is 11.8 Å². The Kier molecular flexibility index (Phi) is 4.82. The third kappa shape index (κ3) is 2.95. The fourth-order valence-corrected chi connectivity index (χ4v) is 3.39. The monoisotopic (exact) mass is 245 g/mol. The van der Waals surface area contributed by atoms with E-state index in [0.29, 0.717) is 0 Å². The Labute approximate surface area is 112 Å². The van der Waals surface area contributed by atoms with E-state index in [0.717, 1.165) is 30.3 Å². The number of hydrogen-bond donors (Lipinski definition) is 1. The number of benzene rings is 1. The summed E-state index contributed by atoms with van der Waals surface area (Å²) in [6.07, 6.45) is 3.97. The second kappa shape index (κ2) is 6.38. The van der Waals surface area contributed by atoms with Crippen LogP contribution in [0.25, 0.3) is 0 Å². The second-order valence-corrected chi connectivity index (χ2v) is 5.58. The van der Waals surface area contributed by atoms with Crippen LogP contribution in [0.1, 0.15) is 51.5 Å². The van der Waals surface area contributed by atoms with Crippen LogP contribution in [0.4, 0.5) is 0 Å². The zero-order valence-electron chi connectivity index (χ0n) is 12.0. The lowest BCUT2D eigenvalue weighted by molar-refractivity contribution is 0.305. The topological polar surface area (TPSA) is 12.0 Å². The van der Waals surface area contributed by atoms with E-state index < -0.39 is 0 Å². The summed E-state index contributed by atoms with van der Waals surface area (Å²) in [5, 5.41) is 3.75. The highest BCUT2D eigenvalue weighted by Crippen LogP contribution is 2.51. The van der Waals surface area contributed by atoms with E-state index >= 15 is 0 Å². The van der Waals surface area contributed by atoms with Gasteiger partial charge in [-0.1, -0.05) is 63.9 Å². The molecule has 1 aromatic carbocycles. The molecule has 1 aliphatic carbocycles. The molecule has 3 atom stereocenters. The Morgan fingerprint density at radius 3 is 2.33 bits per heavy atom. The van der Waals surface area contributed by atoms with E-state index in [-0.39, 0.29) is 0 Å². The SMILES string of the molecule is CCNC(C(CC)CC)C1CC1c1ccccc1. The van der Waals surface area contributed by atoms with Gasteiger partial charge in [-0.05, 0) is 36.3 Å². The van der Waals surface area contributed by atoms with E-state index in [1.807, 2.05) is 0 Å². The minimum atomic E-state index is 0.718. The maximum Gasteiger partial charge on any atom is 0.0129 e. The van der Waals surface area contributed by atoms with E-state index in [1.165, 1.54) is 24.8 Å². The lowest BCUT2D eigenvalue weighted by Crippen LogP contribution is -2.38. The molecular formula is C17H27N. The molecule has 1 aliphatic rings. The van der Waals surface area contributed by atoms with Gasteiger partial charge >= 0.3 is 0 Å². The van der Waals surface area contributed by atoms with Gasteiger partial charge in [0.15, 0.2) is 0 Å². The summed E-state index contributed by atoms with van der Waals surface area (Å²) >= 11 is 0. The third-order valence-corrected chi connectivity index (χ3v) is 4.53. The minimum Gasteiger partial charge on any atom is -0.314 e. The van der Waals surface area contributed by atoms with Gasteiger partial charge in [0, 0.05) is 6.04 Å². The quantitative estimate of drug-likeness (QED) is 0.759. The van der Waals surface area contributed by atoms with Crippen LogP contribution in [0.3, 0.4) is 0 Å². The summed E-state index contributed by atoms with van der Waals surface area (Å²) in [5.74, 6) is 2.50. The van der Waals surface area contributed by atoms with E-state index in [2.05, 4.69) is 56.4 Å². The molecule has 1 heteroatoms. The first-order chi connectivity index (χ1) is 8.81. The number of nitrogens with one attached hydrogen (secondary N) is 1. The highest BCUT2D eigenvalue weighted by atomic mass is 14.9. The van der Waals surface area contributed by atoms with Crippen molar-refractivity contribution in [2.24, 2.45) is 11.8 Å². The lowest BCUT2D eigenvalue weighted by atomic mass is 9.89. The van der Waals surface area contributed by atoms with Crippen LogP contribution in [0.5, 0.6) is 0 Å². The second-order valence-electron chi connectivity index (χ2n) is 5.58. The largest absolute Gasteiger partial charge is 0.314 e. The Balaban J connectivity index is 2.02. The van der Waals surface area contributed by atoms with Gasteiger partial charge in [0.2, 0.25) is 0 Å². The van der Waals surface area contributed by atoms with Gasteiger partial charge < -0.3 is 5.32 Å². The van der Waals surface area contributed by atoms with Crippen molar-refractivity contribution < 1.29 is 0 Å². The van der Waals surface area contributed by atoms with Crippen molar-refractivity contribution in [1.29, 1.82) is 0 Å². The summed E-state index contributed by atoms with van der Waals surface area (Å²) in [5.41, 5.74) is 1.54. The number of hydrogen-bond acceptors (Lipinski definition) is 1. The molecule has 0 aliphatic heterocycles. The standard InChI is InChI=1S/C17H27N/c1-4-13(5-2)17(18-6-3)16-12-15(16)14-10-8-7-9-11-14/h7-11,13,15-18H,4-6,12H2,1-3H3. The zero-order valence-corrected chi connectivity index (χ0v) is 12.0. The van der Waals surface area contributed by atoms with Crippen molar-refractivity contribution in [1.82, 2.24) is 5.32 Å². The summed E-state index contributed by atoms with van der Waals surface area (Å²) < 4.78 is 0. The number of rotatable bonds is 7. The normalized spacial score (nSPS) is 24.2. The van der Waals surface area contributed by atoms with Gasteiger partial charge in [0.1, 0.15) is 0 Å². The maximum absolute atomic E-state index is 3.75. The average molecular weight is 245 g/mol. The van der Waals surface area contributed by atoms with Crippen LogP contribution in [-0.4, -0.2) is 12.6 Å². The summed E-state index contributed by atoms with van der Waals surface area (Å²) in [6, 6.07) is 11.8. The minimum absolute atomic E-state index is 0.718. The van der Waals surface area contributed by atoms with Gasteiger partial charge in [-0.3, -0.25) is 0 Å². The molecule has 0 bridgehead atoms. The van der Waals surface area contributed by atoms with E-state index in [9.17, 15) is 0 Å². The van der Waals surface area contributed by atoms with Crippen LogP contribution < -0.4 is 5.32 Å². The molecule has 3 unspecified atom stereocenters. The Bertz CT molecular complexity index is 342. The van der Waals surface area contributed by atoms with Crippen molar-refractivity contribution >= 4 is 0 Å². The third-order valence-electron chi connectivity index (χ3n) is 4.53. The first-order valence-corrected chi connectivity index (χ1v) is 7.60. The van der Waals surface area contributed by atoms with Crippen LogP contribution >= 0.6 is 0 Å². The smallest absolute Gasteiger partial charge is 0.0129 e. The molecule has 2 rings (SSSR count). The van der Waals surface area contributed by atoms with Gasteiger partial charge in [0.25, 0.3) is 0 Å². The van der Waals surface area contributed by atoms with Crippen molar-refractivity contribution in [3.05, 3.63) is 35.9 Å². The fraction of sp³-hybridized carbons (Fsp3) is 0.647. The molecule has 0 heterocycles. The predicted octanol–water partition coefficient (Wildman–Crippen LogP) is 4.20. The first kappa shape index (κ1) is 13.6. The highest BCUT2D eigenvalue weighted by Gasteiger charge is 2.45. The molecule has 1 fully saturated rings. The van der Waals surface area contributed by atoms with Crippen LogP contribution in [0.15, 0.2) is 30.3 Å². The predicted molar refractivity (Wildman–Crippen MR) is 78.8 cm³/mol. The highest BCUT2D eigenvalue weighted by molar-refractivity contribution is 5.26. The van der Waals surface area contributed by atoms with E-state index in [4.69, 9.17) is 0 Å². The molecule has 0 radical (unpaired) electrons. The van der Waals surface area contributed by atoms with Crippen molar-refractivity contribution in [3.63, 3.8) is 0 Å². The molecule has 18 heavy (non-hydrogen) atoms. The van der Waals surface area contributed by atoms with Gasteiger partial charge in [-0.15, -0.1) is 0 Å².